The van der Waals surface area contributed by atoms with Gasteiger partial charge in [0.2, 0.25) is 0 Å². The lowest BCUT2D eigenvalue weighted by molar-refractivity contribution is -0.139. The summed E-state index contributed by atoms with van der Waals surface area (Å²) in [6, 6.07) is 19.9. The molecule has 0 fully saturated rings. The van der Waals surface area contributed by atoms with Gasteiger partial charge in [0.15, 0.2) is 0 Å². The van der Waals surface area contributed by atoms with Crippen molar-refractivity contribution in [1.29, 1.82) is 0 Å². The van der Waals surface area contributed by atoms with Gasteiger partial charge in [0.05, 0.1) is 18.4 Å². The van der Waals surface area contributed by atoms with Gasteiger partial charge in [-0.2, -0.15) is 0 Å². The molecule has 144 valence electrons. The van der Waals surface area contributed by atoms with E-state index in [9.17, 15) is 14.7 Å². The van der Waals surface area contributed by atoms with Crippen LogP contribution < -0.4 is 10.6 Å². The van der Waals surface area contributed by atoms with Crippen molar-refractivity contribution < 1.29 is 19.1 Å². The van der Waals surface area contributed by atoms with E-state index < -0.39 is 17.9 Å². The molecule has 3 N–H and O–H groups in total. The molecule has 0 aliphatic rings. The molecule has 2 amide bonds. The predicted octanol–water partition coefficient (Wildman–Crippen LogP) is 2.97. The summed E-state index contributed by atoms with van der Waals surface area (Å²) in [5.41, 5.74) is 2.42. The van der Waals surface area contributed by atoms with Crippen molar-refractivity contribution in [1.82, 2.24) is 10.6 Å². The first-order valence-corrected chi connectivity index (χ1v) is 9.00. The SMILES string of the molecule is C[C@@H](NC(=O)C(=O)NC[C@H](O)c1ccc(-c2ccco2)cc1)c1ccccc1. The zero-order valence-corrected chi connectivity index (χ0v) is 15.5. The molecular weight excluding hydrogens is 356 g/mol. The van der Waals surface area contributed by atoms with Crippen molar-refractivity contribution in [3.8, 4) is 11.3 Å². The van der Waals surface area contributed by atoms with Crippen LogP contribution in [-0.2, 0) is 9.59 Å². The van der Waals surface area contributed by atoms with E-state index in [0.717, 1.165) is 16.9 Å². The number of rotatable bonds is 6. The molecule has 0 unspecified atom stereocenters. The number of furan rings is 1. The summed E-state index contributed by atoms with van der Waals surface area (Å²) >= 11 is 0. The number of hydrogen-bond acceptors (Lipinski definition) is 4. The Morgan fingerprint density at radius 2 is 1.64 bits per heavy atom. The van der Waals surface area contributed by atoms with Crippen LogP contribution in [0.25, 0.3) is 11.3 Å². The zero-order chi connectivity index (χ0) is 19.9. The molecule has 1 aromatic heterocycles. The molecule has 3 aromatic rings. The molecule has 6 nitrogen and oxygen atoms in total. The lowest BCUT2D eigenvalue weighted by Gasteiger charge is -2.15. The Morgan fingerprint density at radius 3 is 2.29 bits per heavy atom. The van der Waals surface area contributed by atoms with Crippen molar-refractivity contribution in [3.63, 3.8) is 0 Å². The van der Waals surface area contributed by atoms with Gasteiger partial charge in [0.1, 0.15) is 5.76 Å². The molecule has 0 radical (unpaired) electrons. The van der Waals surface area contributed by atoms with E-state index in [1.807, 2.05) is 48.5 Å². The van der Waals surface area contributed by atoms with E-state index in [4.69, 9.17) is 4.42 Å². The van der Waals surface area contributed by atoms with Crippen molar-refractivity contribution >= 4 is 11.8 Å². The van der Waals surface area contributed by atoms with Gasteiger partial charge in [-0.1, -0.05) is 54.6 Å². The van der Waals surface area contributed by atoms with Crippen LogP contribution in [0.2, 0.25) is 0 Å². The Balaban J connectivity index is 1.50. The maximum absolute atomic E-state index is 12.0. The average Bonchev–Trinajstić information content (AvgIpc) is 3.27. The van der Waals surface area contributed by atoms with Crippen molar-refractivity contribution in [2.24, 2.45) is 0 Å². The summed E-state index contributed by atoms with van der Waals surface area (Å²) in [7, 11) is 0. The third-order valence-electron chi connectivity index (χ3n) is 4.41. The minimum Gasteiger partial charge on any atom is -0.464 e. The standard InChI is InChI=1S/C22H22N2O4/c1-15(16-6-3-2-4-7-16)24-22(27)21(26)23-14-19(25)17-9-11-18(12-10-17)20-8-5-13-28-20/h2-13,15,19,25H,14H2,1H3,(H,23,26)(H,24,27)/t15-,19+/m1/s1. The predicted molar refractivity (Wildman–Crippen MR) is 105 cm³/mol. The minimum atomic E-state index is -0.922. The largest absolute Gasteiger partial charge is 0.464 e. The third kappa shape index (κ3) is 4.86. The van der Waals surface area contributed by atoms with Gasteiger partial charge in [-0.15, -0.1) is 0 Å². The number of nitrogens with one attached hydrogen (secondary N) is 2. The van der Waals surface area contributed by atoms with Gasteiger partial charge in [-0.05, 0) is 30.2 Å². The van der Waals surface area contributed by atoms with Crippen LogP contribution in [0, 0.1) is 0 Å². The first-order valence-electron chi connectivity index (χ1n) is 9.00. The quantitative estimate of drug-likeness (QED) is 0.575. The molecule has 1 heterocycles. The maximum atomic E-state index is 12.0. The molecule has 0 aliphatic carbocycles. The molecule has 0 aliphatic heterocycles. The molecular formula is C22H22N2O4. The summed E-state index contributed by atoms with van der Waals surface area (Å²) in [6.45, 7) is 1.74. The van der Waals surface area contributed by atoms with Crippen molar-refractivity contribution in [2.75, 3.05) is 6.54 Å². The van der Waals surface area contributed by atoms with E-state index in [-0.39, 0.29) is 12.6 Å². The zero-order valence-electron chi connectivity index (χ0n) is 15.5. The number of hydrogen-bond donors (Lipinski definition) is 3. The first-order chi connectivity index (χ1) is 13.5. The fourth-order valence-electron chi connectivity index (χ4n) is 2.79. The number of aliphatic hydroxyl groups excluding tert-OH is 1. The lowest BCUT2D eigenvalue weighted by Crippen LogP contribution is -2.42. The van der Waals surface area contributed by atoms with E-state index in [0.29, 0.717) is 5.56 Å². The average molecular weight is 378 g/mol. The Morgan fingerprint density at radius 1 is 0.929 bits per heavy atom. The molecule has 0 saturated heterocycles. The van der Waals surface area contributed by atoms with Crippen LogP contribution in [0.15, 0.2) is 77.4 Å². The highest BCUT2D eigenvalue weighted by molar-refractivity contribution is 6.35. The van der Waals surface area contributed by atoms with Crippen molar-refractivity contribution in [3.05, 3.63) is 84.1 Å². The van der Waals surface area contributed by atoms with Gasteiger partial charge >= 0.3 is 11.8 Å². The van der Waals surface area contributed by atoms with Crippen LogP contribution in [0.1, 0.15) is 30.2 Å². The van der Waals surface area contributed by atoms with E-state index in [1.54, 1.807) is 31.4 Å². The second-order valence-electron chi connectivity index (χ2n) is 6.43. The molecule has 2 atom stereocenters. The fourth-order valence-corrected chi connectivity index (χ4v) is 2.79. The summed E-state index contributed by atoms with van der Waals surface area (Å²) < 4.78 is 5.32. The van der Waals surface area contributed by atoms with Gasteiger partial charge < -0.3 is 20.2 Å². The topological polar surface area (TPSA) is 91.6 Å². The third-order valence-corrected chi connectivity index (χ3v) is 4.41. The molecule has 0 saturated carbocycles. The summed E-state index contributed by atoms with van der Waals surface area (Å²) in [5, 5.41) is 15.4. The first kappa shape index (κ1) is 19.4. The van der Waals surface area contributed by atoms with Crippen LogP contribution in [0.5, 0.6) is 0 Å². The normalized spacial score (nSPS) is 12.8. The Bertz CT molecular complexity index is 905. The molecule has 3 rings (SSSR count). The van der Waals surface area contributed by atoms with Gasteiger partial charge in [0, 0.05) is 12.1 Å². The van der Waals surface area contributed by atoms with Gasteiger partial charge in [0.25, 0.3) is 0 Å². The molecule has 2 aromatic carbocycles. The molecule has 0 bridgehead atoms. The van der Waals surface area contributed by atoms with Crippen LogP contribution in [-0.4, -0.2) is 23.5 Å². The van der Waals surface area contributed by atoms with E-state index >= 15 is 0 Å². The highest BCUT2D eigenvalue weighted by Crippen LogP contribution is 2.22. The van der Waals surface area contributed by atoms with Gasteiger partial charge in [-0.25, -0.2) is 0 Å². The monoisotopic (exact) mass is 378 g/mol. The highest BCUT2D eigenvalue weighted by Gasteiger charge is 2.18. The number of benzene rings is 2. The molecule has 0 spiro atoms. The van der Waals surface area contributed by atoms with Crippen LogP contribution in [0.4, 0.5) is 0 Å². The summed E-state index contributed by atoms with van der Waals surface area (Å²) in [5.74, 6) is -0.788. The fraction of sp³-hybridized carbons (Fsp3) is 0.182. The number of carbonyl (C=O) groups is 2. The lowest BCUT2D eigenvalue weighted by atomic mass is 10.1. The van der Waals surface area contributed by atoms with Crippen molar-refractivity contribution in [2.45, 2.75) is 19.1 Å². The number of amides is 2. The smallest absolute Gasteiger partial charge is 0.309 e. The van der Waals surface area contributed by atoms with Crippen LogP contribution in [0.3, 0.4) is 0 Å². The highest BCUT2D eigenvalue weighted by atomic mass is 16.3. The van der Waals surface area contributed by atoms with E-state index in [2.05, 4.69) is 10.6 Å². The van der Waals surface area contributed by atoms with E-state index in [1.165, 1.54) is 0 Å². The Kier molecular flexibility index (Phi) is 6.24. The Hall–Kier alpha value is -3.38. The maximum Gasteiger partial charge on any atom is 0.309 e. The molecule has 28 heavy (non-hydrogen) atoms. The summed E-state index contributed by atoms with van der Waals surface area (Å²) in [6.07, 6.45) is 0.672. The second-order valence-corrected chi connectivity index (χ2v) is 6.43. The molecule has 6 heteroatoms. The Labute approximate surface area is 163 Å². The summed E-state index contributed by atoms with van der Waals surface area (Å²) in [4.78, 5) is 24.0. The minimum absolute atomic E-state index is 0.0634. The number of aliphatic hydroxyl groups is 1. The second kappa shape index (κ2) is 9.01. The number of carbonyl (C=O) groups excluding carboxylic acids is 2. The van der Waals surface area contributed by atoms with Gasteiger partial charge in [-0.3, -0.25) is 9.59 Å². The van der Waals surface area contributed by atoms with Crippen LogP contribution >= 0.6 is 0 Å².